The second-order valence-corrected chi connectivity index (χ2v) is 1.25. The van der Waals surface area contributed by atoms with Gasteiger partial charge in [-0.1, -0.05) is 4.85 Å². The Kier molecular flexibility index (Phi) is 0.997. The third kappa shape index (κ3) is 0.676. The van der Waals surface area contributed by atoms with Crippen molar-refractivity contribution in [2.45, 2.75) is 0 Å². The van der Waals surface area contributed by atoms with Gasteiger partial charge in [-0.15, -0.1) is 5.10 Å². The first kappa shape index (κ1) is 4.83. The normalized spacial score (nSPS) is 9.00. The molecule has 0 amide bonds. The molecule has 0 radical (unpaired) electrons. The molecule has 0 aromatic carbocycles. The quantitative estimate of drug-likeness (QED) is 0.459. The number of hydrogen-bond acceptors (Lipinski definition) is 3. The minimum Gasteiger partial charge on any atom is -0.409 e. The lowest BCUT2D eigenvalue weighted by molar-refractivity contribution is 0.134. The summed E-state index contributed by atoms with van der Waals surface area (Å²) in [5.74, 6) is 0. The molecule has 0 aliphatic carbocycles. The average Bonchev–Trinajstić information content (AvgIpc) is 1.77. The van der Waals surface area contributed by atoms with Gasteiger partial charge in [0, 0.05) is 6.07 Å². The van der Waals surface area contributed by atoms with Gasteiger partial charge in [0.25, 0.3) is 0 Å². The molecule has 0 atom stereocenters. The second kappa shape index (κ2) is 1.65. The predicted molar refractivity (Wildman–Crippen MR) is 25.7 cm³/mol. The Morgan fingerprint density at radius 2 is 2.50 bits per heavy atom. The van der Waals surface area contributed by atoms with Gasteiger partial charge in [0.2, 0.25) is 0 Å². The molecule has 4 nitrogen and oxygen atoms in total. The fraction of sp³-hybridized carbons (Fsp3) is 0. The third-order valence-electron chi connectivity index (χ3n) is 0.698. The molecule has 0 spiro atoms. The van der Waals surface area contributed by atoms with E-state index in [-0.39, 0.29) is 4.85 Å². The minimum absolute atomic E-state index is 0.278. The topological polar surface area (TPSA) is 55.1 Å². The van der Waals surface area contributed by atoms with E-state index in [0.717, 1.165) is 0 Å². The van der Waals surface area contributed by atoms with E-state index in [9.17, 15) is 4.79 Å². The van der Waals surface area contributed by atoms with Gasteiger partial charge in [-0.25, -0.2) is 0 Å². The van der Waals surface area contributed by atoms with E-state index in [1.807, 2.05) is 0 Å². The predicted octanol–water partition coefficient (Wildman–Crippen LogP) is -0.519. The van der Waals surface area contributed by atoms with Gasteiger partial charge in [0.1, 0.15) is 0 Å². The van der Waals surface area contributed by atoms with Crippen molar-refractivity contribution in [2.75, 3.05) is 0 Å². The lowest BCUT2D eigenvalue weighted by Crippen LogP contribution is -2.17. The van der Waals surface area contributed by atoms with E-state index in [0.29, 0.717) is 0 Å². The van der Waals surface area contributed by atoms with Crippen LogP contribution in [0.4, 0.5) is 0 Å². The molecule has 0 unspecified atom stereocenters. The summed E-state index contributed by atoms with van der Waals surface area (Å²) in [4.78, 5) is 10.5. The van der Waals surface area contributed by atoms with Gasteiger partial charge in [-0.2, -0.15) is 0 Å². The number of rotatable bonds is 0. The lowest BCUT2D eigenvalue weighted by atomic mass is 10.6. The molecule has 42 valence electrons. The summed E-state index contributed by atoms with van der Waals surface area (Å²) in [5, 5.41) is 11.7. The van der Waals surface area contributed by atoms with E-state index < -0.39 is 5.56 Å². The standard InChI is InChI=1S/C4H4N2O2/c7-4-2-1-3-5-6(4)8/h1-3,8H. The van der Waals surface area contributed by atoms with E-state index in [1.165, 1.54) is 18.3 Å². The lowest BCUT2D eigenvalue weighted by Gasteiger charge is -1.86. The molecular formula is C4H4N2O2. The van der Waals surface area contributed by atoms with Crippen LogP contribution in [0.3, 0.4) is 0 Å². The van der Waals surface area contributed by atoms with Crippen LogP contribution in [-0.4, -0.2) is 15.2 Å². The molecule has 1 aromatic rings. The van der Waals surface area contributed by atoms with Crippen LogP contribution in [0.1, 0.15) is 0 Å². The fourth-order valence-electron chi connectivity index (χ4n) is 0.351. The molecule has 0 saturated heterocycles. The molecule has 1 rings (SSSR count). The first-order valence-corrected chi connectivity index (χ1v) is 2.04. The highest BCUT2D eigenvalue weighted by molar-refractivity contribution is 4.82. The summed E-state index contributed by atoms with van der Waals surface area (Å²) in [6.07, 6.45) is 1.32. The first-order chi connectivity index (χ1) is 3.80. The number of hydrogen-bond donors (Lipinski definition) is 1. The summed E-state index contributed by atoms with van der Waals surface area (Å²) in [6.45, 7) is 0. The monoisotopic (exact) mass is 112 g/mol. The largest absolute Gasteiger partial charge is 0.409 e. The highest BCUT2D eigenvalue weighted by Crippen LogP contribution is 1.65. The molecule has 1 heterocycles. The Bertz CT molecular complexity index is 229. The van der Waals surface area contributed by atoms with Crippen molar-refractivity contribution in [1.29, 1.82) is 0 Å². The van der Waals surface area contributed by atoms with Crippen LogP contribution in [0.15, 0.2) is 23.1 Å². The van der Waals surface area contributed by atoms with E-state index in [1.54, 1.807) is 0 Å². The third-order valence-corrected chi connectivity index (χ3v) is 0.698. The smallest absolute Gasteiger partial charge is 0.302 e. The van der Waals surface area contributed by atoms with Crippen molar-refractivity contribution < 1.29 is 5.21 Å². The van der Waals surface area contributed by atoms with Crippen molar-refractivity contribution in [1.82, 2.24) is 9.94 Å². The Morgan fingerprint density at radius 3 is 2.88 bits per heavy atom. The molecule has 0 aliphatic heterocycles. The average molecular weight is 112 g/mol. The molecule has 4 heteroatoms. The van der Waals surface area contributed by atoms with Crippen molar-refractivity contribution in [3.63, 3.8) is 0 Å². The highest BCUT2D eigenvalue weighted by Gasteiger charge is 1.83. The zero-order valence-corrected chi connectivity index (χ0v) is 3.98. The second-order valence-electron chi connectivity index (χ2n) is 1.25. The number of nitrogens with zero attached hydrogens (tertiary/aromatic N) is 2. The summed E-state index contributed by atoms with van der Waals surface area (Å²) >= 11 is 0. The number of aromatic nitrogens is 2. The zero-order valence-electron chi connectivity index (χ0n) is 3.98. The van der Waals surface area contributed by atoms with Crippen LogP contribution >= 0.6 is 0 Å². The molecule has 0 bridgehead atoms. The maximum absolute atomic E-state index is 10.3. The molecule has 8 heavy (non-hydrogen) atoms. The van der Waals surface area contributed by atoms with E-state index in [2.05, 4.69) is 5.10 Å². The van der Waals surface area contributed by atoms with Crippen LogP contribution in [-0.2, 0) is 0 Å². The summed E-state index contributed by atoms with van der Waals surface area (Å²) < 4.78 is 0. The highest BCUT2D eigenvalue weighted by atomic mass is 16.5. The SMILES string of the molecule is O=c1cccnn1O. The van der Waals surface area contributed by atoms with Crippen molar-refractivity contribution in [3.05, 3.63) is 28.7 Å². The van der Waals surface area contributed by atoms with Crippen LogP contribution in [0.25, 0.3) is 0 Å². The van der Waals surface area contributed by atoms with Crippen molar-refractivity contribution >= 4 is 0 Å². The molecule has 0 saturated carbocycles. The van der Waals surface area contributed by atoms with Gasteiger partial charge in [-0.3, -0.25) is 4.79 Å². The van der Waals surface area contributed by atoms with Gasteiger partial charge in [0.15, 0.2) is 0 Å². The van der Waals surface area contributed by atoms with Gasteiger partial charge in [0.05, 0.1) is 6.20 Å². The van der Waals surface area contributed by atoms with Gasteiger partial charge < -0.3 is 5.21 Å². The summed E-state index contributed by atoms with van der Waals surface area (Å²) in [7, 11) is 0. The fourth-order valence-corrected chi connectivity index (χ4v) is 0.351. The van der Waals surface area contributed by atoms with Crippen molar-refractivity contribution in [3.8, 4) is 0 Å². The van der Waals surface area contributed by atoms with Gasteiger partial charge >= 0.3 is 5.56 Å². The summed E-state index contributed by atoms with van der Waals surface area (Å²) in [5.41, 5.74) is -0.521. The maximum atomic E-state index is 10.3. The van der Waals surface area contributed by atoms with Crippen LogP contribution < -0.4 is 5.56 Å². The van der Waals surface area contributed by atoms with Crippen LogP contribution in [0.5, 0.6) is 0 Å². The minimum atomic E-state index is -0.521. The zero-order chi connectivity index (χ0) is 5.98. The Labute approximate surface area is 45.0 Å². The van der Waals surface area contributed by atoms with Crippen molar-refractivity contribution in [2.24, 2.45) is 0 Å². The Morgan fingerprint density at radius 1 is 1.75 bits per heavy atom. The molecule has 1 N–H and O–H groups in total. The van der Waals surface area contributed by atoms with E-state index in [4.69, 9.17) is 5.21 Å². The molecule has 0 fully saturated rings. The molecule has 1 aromatic heterocycles. The molecular weight excluding hydrogens is 108 g/mol. The van der Waals surface area contributed by atoms with Crippen LogP contribution in [0, 0.1) is 0 Å². The Balaban J connectivity index is 3.35. The van der Waals surface area contributed by atoms with Gasteiger partial charge in [-0.05, 0) is 6.07 Å². The van der Waals surface area contributed by atoms with Crippen LogP contribution in [0.2, 0.25) is 0 Å². The summed E-state index contributed by atoms with van der Waals surface area (Å²) in [6, 6.07) is 2.67. The maximum Gasteiger partial charge on any atom is 0.302 e. The Hall–Kier alpha value is -1.32. The van der Waals surface area contributed by atoms with E-state index >= 15 is 0 Å². The molecule has 0 aliphatic rings. The first-order valence-electron chi connectivity index (χ1n) is 2.04.